The van der Waals surface area contributed by atoms with Crippen molar-refractivity contribution in [3.05, 3.63) is 141 Å². The summed E-state index contributed by atoms with van der Waals surface area (Å²) in [5.41, 5.74) is 1.46. The van der Waals surface area contributed by atoms with E-state index in [0.29, 0.717) is 11.3 Å². The fourth-order valence-electron chi connectivity index (χ4n) is 7.12. The summed E-state index contributed by atoms with van der Waals surface area (Å²) in [5, 5.41) is 14.4. The Labute approximate surface area is 257 Å². The molecule has 10 nitrogen and oxygen atoms in total. The van der Waals surface area contributed by atoms with Gasteiger partial charge in [0.2, 0.25) is 5.91 Å². The Morgan fingerprint density at radius 3 is 2.22 bits per heavy atom. The maximum absolute atomic E-state index is 14.8. The Kier molecular flexibility index (Phi) is 6.43. The van der Waals surface area contributed by atoms with Gasteiger partial charge < -0.3 is 15.0 Å². The summed E-state index contributed by atoms with van der Waals surface area (Å²) in [5.74, 6) is -2.80. The number of esters is 1. The third-order valence-corrected chi connectivity index (χ3v) is 8.88. The summed E-state index contributed by atoms with van der Waals surface area (Å²) < 4.78 is 5.15. The van der Waals surface area contributed by atoms with Gasteiger partial charge in [0.05, 0.1) is 16.9 Å². The topological polar surface area (TPSA) is 136 Å². The van der Waals surface area contributed by atoms with Crippen molar-refractivity contribution >= 4 is 40.9 Å². The Balaban J connectivity index is 1.47. The molecule has 0 unspecified atom stereocenters. The number of Topliss-reactive ketones (excluding diaryl/α,β-unsaturated/α-hetero) is 2. The van der Waals surface area contributed by atoms with Crippen LogP contribution in [0.5, 0.6) is 5.75 Å². The number of nitro benzene ring substituents is 1. The summed E-state index contributed by atoms with van der Waals surface area (Å²) in [6.07, 6.45) is 3.63. The molecule has 1 N–H and O–H groups in total. The molecule has 3 heterocycles. The van der Waals surface area contributed by atoms with Crippen LogP contribution in [0.4, 0.5) is 11.4 Å². The van der Waals surface area contributed by atoms with Gasteiger partial charge in [0.1, 0.15) is 17.2 Å². The van der Waals surface area contributed by atoms with E-state index in [2.05, 4.69) is 5.32 Å². The fourth-order valence-corrected chi connectivity index (χ4v) is 7.12. The van der Waals surface area contributed by atoms with Crippen molar-refractivity contribution in [3.63, 3.8) is 0 Å². The molecule has 7 rings (SSSR count). The summed E-state index contributed by atoms with van der Waals surface area (Å²) in [4.78, 5) is 68.0. The second kappa shape index (κ2) is 10.4. The first-order valence-corrected chi connectivity index (χ1v) is 14.3. The van der Waals surface area contributed by atoms with Crippen LogP contribution in [0.2, 0.25) is 0 Å². The van der Waals surface area contributed by atoms with Crippen LogP contribution in [-0.4, -0.2) is 39.3 Å². The van der Waals surface area contributed by atoms with Crippen LogP contribution in [0.15, 0.2) is 103 Å². The molecule has 0 aliphatic carbocycles. The minimum absolute atomic E-state index is 0.141. The van der Waals surface area contributed by atoms with Gasteiger partial charge in [0.25, 0.3) is 5.69 Å². The van der Waals surface area contributed by atoms with Crippen LogP contribution in [0.25, 0.3) is 6.08 Å². The smallest absolute Gasteiger partial charge is 0.308 e. The van der Waals surface area contributed by atoms with Crippen LogP contribution >= 0.6 is 0 Å². The van der Waals surface area contributed by atoms with Gasteiger partial charge in [-0.25, -0.2) is 0 Å². The Hall–Kier alpha value is -5.90. The maximum atomic E-state index is 14.8. The first-order chi connectivity index (χ1) is 21.7. The van der Waals surface area contributed by atoms with Gasteiger partial charge in [-0.2, -0.15) is 0 Å². The number of benzene rings is 4. The number of para-hydroxylation sites is 1. The lowest BCUT2D eigenvalue weighted by molar-refractivity contribution is -0.384. The van der Waals surface area contributed by atoms with Gasteiger partial charge in [0, 0.05) is 42.1 Å². The van der Waals surface area contributed by atoms with E-state index in [9.17, 15) is 29.3 Å². The van der Waals surface area contributed by atoms with Crippen LogP contribution in [0.1, 0.15) is 50.4 Å². The SMILES string of the molecule is CC(=O)Oc1ccc(C(=O)[C@@H]2[C@H](C(=O)c3ccc([N+](=O)[O-])cc3)[C@@]3(C(=O)Nc4ccccc43)[C@@H]3c4ccccc4C=CN23)cc1. The quantitative estimate of drug-likeness (QED) is 0.101. The van der Waals surface area contributed by atoms with E-state index < -0.39 is 51.8 Å². The van der Waals surface area contributed by atoms with Gasteiger partial charge in [-0.3, -0.25) is 29.3 Å². The Morgan fingerprint density at radius 1 is 0.867 bits per heavy atom. The summed E-state index contributed by atoms with van der Waals surface area (Å²) >= 11 is 0. The number of hydrogen-bond donors (Lipinski definition) is 1. The molecule has 10 heteroatoms. The Morgan fingerprint density at radius 2 is 1.51 bits per heavy atom. The largest absolute Gasteiger partial charge is 0.427 e. The van der Waals surface area contributed by atoms with Crippen molar-refractivity contribution < 1.29 is 28.8 Å². The van der Waals surface area contributed by atoms with E-state index in [0.717, 1.165) is 11.1 Å². The molecule has 4 aromatic carbocycles. The van der Waals surface area contributed by atoms with Gasteiger partial charge >= 0.3 is 5.97 Å². The standard InChI is InChI=1S/C35H25N3O7/c1-20(39)45-25-16-12-23(13-17-25)32(41)30-29(31(40)22-10-14-24(15-11-22)38(43)44)35(27-8-4-5-9-28(27)36-34(35)42)33-26-7-3-2-6-21(26)18-19-37(30)33/h2-19,29-30,33H,1H3,(H,36,42)/t29-,30+,33+,35-/m1/s1. The highest BCUT2D eigenvalue weighted by molar-refractivity contribution is 6.16. The number of nitro groups is 1. The lowest BCUT2D eigenvalue weighted by Gasteiger charge is -2.38. The third kappa shape index (κ3) is 4.17. The van der Waals surface area contributed by atoms with Gasteiger partial charge in [-0.15, -0.1) is 0 Å². The molecule has 1 fully saturated rings. The molecular formula is C35H25N3O7. The first kappa shape index (κ1) is 27.9. The number of hydrogen-bond acceptors (Lipinski definition) is 8. The lowest BCUT2D eigenvalue weighted by Crippen LogP contribution is -2.49. The van der Waals surface area contributed by atoms with Crippen molar-refractivity contribution in [3.8, 4) is 5.75 Å². The van der Waals surface area contributed by atoms with Crippen molar-refractivity contribution in [1.82, 2.24) is 4.90 Å². The predicted octanol–water partition coefficient (Wildman–Crippen LogP) is 5.50. The van der Waals surface area contributed by atoms with E-state index in [4.69, 9.17) is 4.74 Å². The van der Waals surface area contributed by atoms with E-state index in [-0.39, 0.29) is 22.6 Å². The molecule has 3 aliphatic heterocycles. The van der Waals surface area contributed by atoms with Crippen molar-refractivity contribution in [2.24, 2.45) is 5.92 Å². The second-order valence-corrected chi connectivity index (χ2v) is 11.2. The van der Waals surface area contributed by atoms with Crippen molar-refractivity contribution in [2.45, 2.75) is 24.4 Å². The van der Waals surface area contributed by atoms with E-state index in [1.54, 1.807) is 29.3 Å². The van der Waals surface area contributed by atoms with Crippen molar-refractivity contribution in [1.29, 1.82) is 0 Å². The zero-order chi connectivity index (χ0) is 31.5. The molecule has 0 bridgehead atoms. The summed E-state index contributed by atoms with van der Waals surface area (Å²) in [6.45, 7) is 1.27. The molecular weight excluding hydrogens is 574 g/mol. The number of ether oxygens (including phenoxy) is 1. The molecule has 0 saturated carbocycles. The highest BCUT2D eigenvalue weighted by Crippen LogP contribution is 2.62. The molecule has 0 radical (unpaired) electrons. The van der Waals surface area contributed by atoms with Crippen LogP contribution in [-0.2, 0) is 15.0 Å². The molecule has 4 atom stereocenters. The highest BCUT2D eigenvalue weighted by atomic mass is 16.6. The van der Waals surface area contributed by atoms with Gasteiger partial charge in [-0.05, 0) is 65.2 Å². The monoisotopic (exact) mass is 599 g/mol. The zero-order valence-electron chi connectivity index (χ0n) is 23.9. The highest BCUT2D eigenvalue weighted by Gasteiger charge is 2.70. The number of carbonyl (C=O) groups is 4. The normalized spacial score (nSPS) is 22.3. The summed E-state index contributed by atoms with van der Waals surface area (Å²) in [6, 6.07) is 24.1. The predicted molar refractivity (Wildman–Crippen MR) is 164 cm³/mol. The van der Waals surface area contributed by atoms with Crippen LogP contribution in [0.3, 0.4) is 0 Å². The van der Waals surface area contributed by atoms with Crippen LogP contribution < -0.4 is 10.1 Å². The number of anilines is 1. The number of amides is 1. The average molecular weight is 600 g/mol. The van der Waals surface area contributed by atoms with Gasteiger partial charge in [-0.1, -0.05) is 42.5 Å². The lowest BCUT2D eigenvalue weighted by atomic mass is 9.62. The molecule has 1 spiro atoms. The van der Waals surface area contributed by atoms with Crippen molar-refractivity contribution in [2.75, 3.05) is 5.32 Å². The molecule has 1 saturated heterocycles. The second-order valence-electron chi connectivity index (χ2n) is 11.2. The molecule has 45 heavy (non-hydrogen) atoms. The number of nitrogens with zero attached hydrogens (tertiary/aromatic N) is 2. The van der Waals surface area contributed by atoms with Crippen LogP contribution in [0, 0.1) is 16.0 Å². The van der Waals surface area contributed by atoms with E-state index in [1.807, 2.05) is 36.4 Å². The molecule has 4 aromatic rings. The van der Waals surface area contributed by atoms with Gasteiger partial charge in [0.15, 0.2) is 11.6 Å². The number of carbonyl (C=O) groups excluding carboxylic acids is 4. The minimum Gasteiger partial charge on any atom is -0.427 e. The number of ketones is 2. The molecule has 3 aliphatic rings. The zero-order valence-corrected chi connectivity index (χ0v) is 23.9. The Bertz CT molecular complexity index is 1950. The third-order valence-electron chi connectivity index (χ3n) is 8.88. The first-order valence-electron chi connectivity index (χ1n) is 14.3. The van der Waals surface area contributed by atoms with E-state index >= 15 is 0 Å². The maximum Gasteiger partial charge on any atom is 0.308 e. The molecule has 222 valence electrons. The van der Waals surface area contributed by atoms with E-state index in [1.165, 1.54) is 55.5 Å². The molecule has 0 aromatic heterocycles. The average Bonchev–Trinajstić information content (AvgIpc) is 3.52. The molecule has 1 amide bonds. The number of rotatable bonds is 6. The summed E-state index contributed by atoms with van der Waals surface area (Å²) in [7, 11) is 0. The fraction of sp³-hybridized carbons (Fsp3) is 0.143. The number of fused-ring (bicyclic) bond motifs is 6. The number of non-ortho nitro benzene ring substituents is 1. The number of nitrogens with one attached hydrogen (secondary N) is 1. The minimum atomic E-state index is -1.53.